The van der Waals surface area contributed by atoms with Crippen LogP contribution in [-0.2, 0) is 17.4 Å². The summed E-state index contributed by atoms with van der Waals surface area (Å²) in [5.41, 5.74) is 0.0145. The first kappa shape index (κ1) is 26.0. The van der Waals surface area contributed by atoms with Crippen LogP contribution in [-0.4, -0.2) is 57.9 Å². The van der Waals surface area contributed by atoms with Gasteiger partial charge < -0.3 is 14.3 Å². The third-order valence-corrected chi connectivity index (χ3v) is 7.33. The van der Waals surface area contributed by atoms with E-state index in [0.29, 0.717) is 55.4 Å². The normalized spacial score (nSPS) is 14.3. The molecule has 4 aromatic rings. The quantitative estimate of drug-likeness (QED) is 0.278. The Morgan fingerprint density at radius 1 is 1.03 bits per heavy atom. The maximum atomic E-state index is 13.4. The predicted octanol–water partition coefficient (Wildman–Crippen LogP) is 5.70. The number of hydrogen-bond donors (Lipinski definition) is 0. The van der Waals surface area contributed by atoms with Crippen molar-refractivity contribution < 1.29 is 22.5 Å². The average Bonchev–Trinajstić information content (AvgIpc) is 3.36. The number of benzene rings is 2. The van der Waals surface area contributed by atoms with Crippen molar-refractivity contribution in [2.75, 3.05) is 36.8 Å². The van der Waals surface area contributed by atoms with Gasteiger partial charge in [-0.3, -0.25) is 4.79 Å². The Morgan fingerprint density at radius 2 is 1.79 bits per heavy atom. The second kappa shape index (κ2) is 11.0. The van der Waals surface area contributed by atoms with Crippen LogP contribution in [0.5, 0.6) is 0 Å². The highest BCUT2D eigenvalue weighted by Crippen LogP contribution is 2.37. The molecule has 198 valence electrons. The van der Waals surface area contributed by atoms with E-state index < -0.39 is 11.7 Å². The first-order chi connectivity index (χ1) is 18.3. The highest BCUT2D eigenvalue weighted by molar-refractivity contribution is 8.00. The van der Waals surface area contributed by atoms with Gasteiger partial charge in [0.2, 0.25) is 5.91 Å². The number of carbonyl (C=O) groups is 1. The molecule has 2 aromatic heterocycles. The zero-order valence-corrected chi connectivity index (χ0v) is 21.6. The molecule has 0 aliphatic carbocycles. The topological polar surface area (TPSA) is 75.4 Å². The van der Waals surface area contributed by atoms with Crippen LogP contribution >= 0.6 is 11.8 Å². The molecule has 1 aliphatic rings. The molecule has 1 fully saturated rings. The van der Waals surface area contributed by atoms with E-state index in [1.54, 1.807) is 6.07 Å². The number of amides is 1. The van der Waals surface area contributed by atoms with Crippen molar-refractivity contribution in [2.24, 2.45) is 0 Å². The zero-order chi connectivity index (χ0) is 26.7. The van der Waals surface area contributed by atoms with Crippen molar-refractivity contribution in [3.05, 3.63) is 66.0 Å². The molecule has 1 amide bonds. The number of aromatic nitrogens is 3. The number of alkyl halides is 3. The second-order valence-electron chi connectivity index (χ2n) is 8.97. The lowest BCUT2D eigenvalue weighted by Crippen LogP contribution is -2.49. The van der Waals surface area contributed by atoms with Gasteiger partial charge in [0.25, 0.3) is 5.71 Å². The van der Waals surface area contributed by atoms with Crippen molar-refractivity contribution in [2.45, 2.75) is 30.8 Å². The van der Waals surface area contributed by atoms with Crippen LogP contribution in [0.1, 0.15) is 24.7 Å². The van der Waals surface area contributed by atoms with Crippen LogP contribution in [0, 0.1) is 0 Å². The van der Waals surface area contributed by atoms with E-state index in [0.717, 1.165) is 23.4 Å². The fourth-order valence-electron chi connectivity index (χ4n) is 4.40. The highest BCUT2D eigenvalue weighted by Gasteiger charge is 2.32. The van der Waals surface area contributed by atoms with Gasteiger partial charge >= 0.3 is 6.18 Å². The number of anilines is 1. The van der Waals surface area contributed by atoms with Crippen LogP contribution in [0.2, 0.25) is 0 Å². The number of nitrogens with zero attached hydrogens (tertiary/aromatic N) is 5. The zero-order valence-electron chi connectivity index (χ0n) is 20.7. The van der Waals surface area contributed by atoms with Crippen molar-refractivity contribution in [3.8, 4) is 11.3 Å². The van der Waals surface area contributed by atoms with Crippen molar-refractivity contribution >= 4 is 34.6 Å². The number of thioether (sulfide) groups is 1. The minimum atomic E-state index is -4.48. The minimum absolute atomic E-state index is 0.0626. The maximum absolute atomic E-state index is 13.4. The standard InChI is InChI=1S/C27H26F3N5O2S/c1-2-7-21-31-25(35-14-12-34(13-15-35)22(36)17-38-20-10-4-3-5-11-20)23-24(33-37-26(23)32-21)18-8-6-9-19(16-18)27(28,29)30/h3-6,8-11,16H,2,7,12-15,17H2,1H3. The van der Waals surface area contributed by atoms with Crippen LogP contribution < -0.4 is 4.90 Å². The van der Waals surface area contributed by atoms with Crippen LogP contribution in [0.25, 0.3) is 22.4 Å². The van der Waals surface area contributed by atoms with Crippen molar-refractivity contribution in [1.29, 1.82) is 0 Å². The number of fused-ring (bicyclic) bond motifs is 1. The van der Waals surface area contributed by atoms with Gasteiger partial charge in [0.1, 0.15) is 22.7 Å². The molecule has 3 heterocycles. The second-order valence-corrected chi connectivity index (χ2v) is 10.0. The number of halogens is 3. The van der Waals surface area contributed by atoms with Crippen molar-refractivity contribution in [1.82, 2.24) is 20.0 Å². The van der Waals surface area contributed by atoms with Gasteiger partial charge in [-0.2, -0.15) is 18.2 Å². The van der Waals surface area contributed by atoms with E-state index in [1.165, 1.54) is 17.8 Å². The summed E-state index contributed by atoms with van der Waals surface area (Å²) >= 11 is 1.51. The molecule has 11 heteroatoms. The van der Waals surface area contributed by atoms with Crippen LogP contribution in [0.15, 0.2) is 64.0 Å². The summed E-state index contributed by atoms with van der Waals surface area (Å²) in [5, 5.41) is 4.58. The fourth-order valence-corrected chi connectivity index (χ4v) is 5.23. The molecule has 1 saturated heterocycles. The average molecular weight is 542 g/mol. The number of rotatable bonds is 7. The largest absolute Gasteiger partial charge is 0.416 e. The smallest absolute Gasteiger partial charge is 0.352 e. The van der Waals surface area contributed by atoms with Gasteiger partial charge in [-0.1, -0.05) is 42.4 Å². The molecule has 0 radical (unpaired) electrons. The summed E-state index contributed by atoms with van der Waals surface area (Å²) in [4.78, 5) is 27.0. The number of piperazine rings is 1. The van der Waals surface area contributed by atoms with E-state index in [2.05, 4.69) is 10.1 Å². The molecule has 0 N–H and O–H groups in total. The Balaban J connectivity index is 1.40. The lowest BCUT2D eigenvalue weighted by molar-refractivity contribution is -0.137. The summed E-state index contributed by atoms with van der Waals surface area (Å²) in [7, 11) is 0. The molecular formula is C27H26F3N5O2S. The van der Waals surface area contributed by atoms with Gasteiger partial charge in [0.05, 0.1) is 11.3 Å². The van der Waals surface area contributed by atoms with Crippen LogP contribution in [0.4, 0.5) is 19.0 Å². The summed E-state index contributed by atoms with van der Waals surface area (Å²) in [6.45, 7) is 4.07. The Hall–Kier alpha value is -3.60. The summed E-state index contributed by atoms with van der Waals surface area (Å²) in [6.07, 6.45) is -3.04. The molecule has 38 heavy (non-hydrogen) atoms. The van der Waals surface area contributed by atoms with Gasteiger partial charge in [-0.15, -0.1) is 11.8 Å². The highest BCUT2D eigenvalue weighted by atomic mass is 32.2. The van der Waals surface area contributed by atoms with Gasteiger partial charge in [0.15, 0.2) is 0 Å². The first-order valence-electron chi connectivity index (χ1n) is 12.4. The van der Waals surface area contributed by atoms with Crippen LogP contribution in [0.3, 0.4) is 0 Å². The summed E-state index contributed by atoms with van der Waals surface area (Å²) < 4.78 is 45.6. The molecule has 2 aromatic carbocycles. The molecule has 0 saturated carbocycles. The van der Waals surface area contributed by atoms with E-state index in [-0.39, 0.29) is 22.9 Å². The van der Waals surface area contributed by atoms with Gasteiger partial charge in [-0.05, 0) is 30.7 Å². The molecule has 5 rings (SSSR count). The number of hydrogen-bond acceptors (Lipinski definition) is 7. The Bertz CT molecular complexity index is 1420. The van der Waals surface area contributed by atoms with Gasteiger partial charge in [0, 0.05) is 43.1 Å². The molecule has 0 atom stereocenters. The lowest BCUT2D eigenvalue weighted by Gasteiger charge is -2.35. The van der Waals surface area contributed by atoms with Crippen molar-refractivity contribution in [3.63, 3.8) is 0 Å². The third-order valence-electron chi connectivity index (χ3n) is 6.34. The molecular weight excluding hydrogens is 515 g/mol. The number of carbonyl (C=O) groups excluding carboxylic acids is 1. The van der Waals surface area contributed by atoms with E-state index in [9.17, 15) is 18.0 Å². The van der Waals surface area contributed by atoms with Gasteiger partial charge in [-0.25, -0.2) is 4.98 Å². The molecule has 7 nitrogen and oxygen atoms in total. The third kappa shape index (κ3) is 5.62. The molecule has 0 bridgehead atoms. The Labute approximate surface area is 222 Å². The Kier molecular flexibility index (Phi) is 7.55. The SMILES string of the molecule is CCCc1nc(N2CCN(C(=O)CSc3ccccc3)CC2)c2c(-c3cccc(C(F)(F)F)c3)noc2n1. The summed E-state index contributed by atoms with van der Waals surface area (Å²) in [5.74, 6) is 1.57. The van der Waals surface area contributed by atoms with E-state index in [4.69, 9.17) is 9.51 Å². The minimum Gasteiger partial charge on any atom is -0.352 e. The molecule has 0 spiro atoms. The predicted molar refractivity (Wildman–Crippen MR) is 140 cm³/mol. The fraction of sp³-hybridized carbons (Fsp3) is 0.333. The lowest BCUT2D eigenvalue weighted by atomic mass is 10.1. The molecule has 0 unspecified atom stereocenters. The first-order valence-corrected chi connectivity index (χ1v) is 13.4. The maximum Gasteiger partial charge on any atom is 0.416 e. The van der Waals surface area contributed by atoms with E-state index >= 15 is 0 Å². The molecule has 1 aliphatic heterocycles. The monoisotopic (exact) mass is 541 g/mol. The van der Waals surface area contributed by atoms with E-state index in [1.807, 2.05) is 47.1 Å². The number of aryl methyl sites for hydroxylation is 1. The Morgan fingerprint density at radius 3 is 2.50 bits per heavy atom. The summed E-state index contributed by atoms with van der Waals surface area (Å²) in [6, 6.07) is 14.8.